The number of carbonyl (C=O) groups excluding carboxylic acids is 1. The Morgan fingerprint density at radius 2 is 1.67 bits per heavy atom. The second-order valence-electron chi connectivity index (χ2n) is 7.34. The Morgan fingerprint density at radius 1 is 0.900 bits per heavy atom. The molecular formula is C23H26N6O. The maximum Gasteiger partial charge on any atom is 0.222 e. The average Bonchev–Trinajstić information content (AvgIpc) is 2.81. The van der Waals surface area contributed by atoms with Gasteiger partial charge in [0.2, 0.25) is 5.91 Å². The number of rotatable bonds is 7. The van der Waals surface area contributed by atoms with Crippen LogP contribution in [-0.2, 0) is 11.2 Å². The van der Waals surface area contributed by atoms with E-state index in [-0.39, 0.29) is 5.91 Å². The Morgan fingerprint density at radius 3 is 2.37 bits per heavy atom. The van der Waals surface area contributed by atoms with Gasteiger partial charge in [-0.3, -0.25) is 9.78 Å². The lowest BCUT2D eigenvalue weighted by Gasteiger charge is -2.35. The summed E-state index contributed by atoms with van der Waals surface area (Å²) in [5.41, 5.74) is 2.21. The Hall–Kier alpha value is -3.48. The molecule has 30 heavy (non-hydrogen) atoms. The van der Waals surface area contributed by atoms with Gasteiger partial charge in [0.15, 0.2) is 11.6 Å². The molecule has 1 aliphatic rings. The van der Waals surface area contributed by atoms with E-state index in [9.17, 15) is 4.79 Å². The highest BCUT2D eigenvalue weighted by Crippen LogP contribution is 2.17. The number of anilines is 3. The molecule has 7 heteroatoms. The quantitative estimate of drug-likeness (QED) is 0.654. The van der Waals surface area contributed by atoms with Crippen LogP contribution >= 0.6 is 0 Å². The van der Waals surface area contributed by atoms with Crippen LogP contribution in [0.1, 0.15) is 18.4 Å². The molecule has 0 unspecified atom stereocenters. The summed E-state index contributed by atoms with van der Waals surface area (Å²) >= 11 is 0. The van der Waals surface area contributed by atoms with E-state index in [1.54, 1.807) is 12.4 Å². The standard InChI is InChI=1S/C23H26N6O/c30-23(8-4-7-19-5-2-1-3-6-19)29-17-15-28(16-18-29)22-10-9-21(26-27-22)25-20-11-13-24-14-12-20/h1-3,5-6,9-14H,4,7-8,15-18H2,(H,24,25,26). The Kier molecular flexibility index (Phi) is 6.49. The zero-order chi connectivity index (χ0) is 20.6. The van der Waals surface area contributed by atoms with E-state index in [4.69, 9.17) is 0 Å². The fourth-order valence-electron chi connectivity index (χ4n) is 3.58. The van der Waals surface area contributed by atoms with Gasteiger partial charge in [0.1, 0.15) is 0 Å². The van der Waals surface area contributed by atoms with E-state index in [1.807, 2.05) is 47.4 Å². The second-order valence-corrected chi connectivity index (χ2v) is 7.34. The van der Waals surface area contributed by atoms with Crippen molar-refractivity contribution in [3.63, 3.8) is 0 Å². The maximum atomic E-state index is 12.5. The van der Waals surface area contributed by atoms with Crippen LogP contribution in [-0.4, -0.2) is 52.2 Å². The smallest absolute Gasteiger partial charge is 0.222 e. The van der Waals surface area contributed by atoms with Crippen LogP contribution in [0.2, 0.25) is 0 Å². The molecule has 0 aliphatic carbocycles. The topological polar surface area (TPSA) is 74.2 Å². The minimum Gasteiger partial charge on any atom is -0.352 e. The molecule has 1 amide bonds. The second kappa shape index (κ2) is 9.82. The van der Waals surface area contributed by atoms with Gasteiger partial charge < -0.3 is 15.1 Å². The normalized spacial score (nSPS) is 13.9. The van der Waals surface area contributed by atoms with E-state index in [0.29, 0.717) is 12.2 Å². The molecule has 0 radical (unpaired) electrons. The van der Waals surface area contributed by atoms with Crippen molar-refractivity contribution in [1.82, 2.24) is 20.1 Å². The van der Waals surface area contributed by atoms with E-state index in [0.717, 1.165) is 50.5 Å². The Bertz CT molecular complexity index is 925. The van der Waals surface area contributed by atoms with E-state index < -0.39 is 0 Å². The fraction of sp³-hybridized carbons (Fsp3) is 0.304. The number of nitrogens with one attached hydrogen (secondary N) is 1. The first-order chi connectivity index (χ1) is 14.8. The highest BCUT2D eigenvalue weighted by molar-refractivity contribution is 5.76. The lowest BCUT2D eigenvalue weighted by molar-refractivity contribution is -0.131. The molecule has 154 valence electrons. The number of hydrogen-bond acceptors (Lipinski definition) is 6. The number of hydrogen-bond donors (Lipinski definition) is 1. The van der Waals surface area contributed by atoms with Crippen molar-refractivity contribution in [3.05, 3.63) is 72.6 Å². The summed E-state index contributed by atoms with van der Waals surface area (Å²) in [6.45, 7) is 3.00. The lowest BCUT2D eigenvalue weighted by Crippen LogP contribution is -2.49. The van der Waals surface area contributed by atoms with Gasteiger partial charge in [-0.2, -0.15) is 0 Å². The predicted molar refractivity (Wildman–Crippen MR) is 118 cm³/mol. The number of pyridine rings is 1. The number of aryl methyl sites for hydroxylation is 1. The van der Waals surface area contributed by atoms with Crippen LogP contribution in [0.3, 0.4) is 0 Å². The first kappa shape index (κ1) is 19.8. The molecule has 1 aromatic carbocycles. The highest BCUT2D eigenvalue weighted by atomic mass is 16.2. The third-order valence-electron chi connectivity index (χ3n) is 5.26. The van der Waals surface area contributed by atoms with Crippen molar-refractivity contribution < 1.29 is 4.79 Å². The maximum absolute atomic E-state index is 12.5. The molecule has 0 saturated carbocycles. The van der Waals surface area contributed by atoms with Gasteiger partial charge in [-0.25, -0.2) is 0 Å². The highest BCUT2D eigenvalue weighted by Gasteiger charge is 2.21. The molecule has 3 aromatic rings. The van der Waals surface area contributed by atoms with Crippen LogP contribution < -0.4 is 10.2 Å². The summed E-state index contributed by atoms with van der Waals surface area (Å²) in [5, 5.41) is 11.8. The third kappa shape index (κ3) is 5.31. The van der Waals surface area contributed by atoms with E-state index >= 15 is 0 Å². The van der Waals surface area contributed by atoms with Crippen LogP contribution in [0.5, 0.6) is 0 Å². The SMILES string of the molecule is O=C(CCCc1ccccc1)N1CCN(c2ccc(Nc3ccncc3)nn2)CC1. The molecule has 2 aromatic heterocycles. The number of amides is 1. The molecule has 1 aliphatic heterocycles. The summed E-state index contributed by atoms with van der Waals surface area (Å²) in [6, 6.07) is 18.0. The first-order valence-electron chi connectivity index (χ1n) is 10.4. The molecule has 0 spiro atoms. The minimum atomic E-state index is 0.244. The van der Waals surface area contributed by atoms with Gasteiger partial charge in [-0.05, 0) is 42.7 Å². The zero-order valence-electron chi connectivity index (χ0n) is 16.9. The van der Waals surface area contributed by atoms with Crippen molar-refractivity contribution in [3.8, 4) is 0 Å². The molecule has 0 bridgehead atoms. The van der Waals surface area contributed by atoms with Gasteiger partial charge in [0, 0.05) is 50.7 Å². The number of nitrogens with zero attached hydrogens (tertiary/aromatic N) is 5. The summed E-state index contributed by atoms with van der Waals surface area (Å²) in [7, 11) is 0. The fourth-order valence-corrected chi connectivity index (χ4v) is 3.58. The largest absolute Gasteiger partial charge is 0.352 e. The van der Waals surface area contributed by atoms with Gasteiger partial charge in [-0.15, -0.1) is 10.2 Å². The van der Waals surface area contributed by atoms with E-state index in [2.05, 4.69) is 37.5 Å². The Balaban J connectivity index is 1.22. The van der Waals surface area contributed by atoms with Gasteiger partial charge in [0.05, 0.1) is 0 Å². The average molecular weight is 403 g/mol. The van der Waals surface area contributed by atoms with Crippen molar-refractivity contribution in [2.75, 3.05) is 36.4 Å². The summed E-state index contributed by atoms with van der Waals surface area (Å²) < 4.78 is 0. The molecule has 4 rings (SSSR count). The number of benzene rings is 1. The molecule has 3 heterocycles. The van der Waals surface area contributed by atoms with Crippen LogP contribution in [0.15, 0.2) is 67.0 Å². The lowest BCUT2D eigenvalue weighted by atomic mass is 10.1. The van der Waals surface area contributed by atoms with Crippen molar-refractivity contribution >= 4 is 23.2 Å². The van der Waals surface area contributed by atoms with Gasteiger partial charge in [-0.1, -0.05) is 30.3 Å². The van der Waals surface area contributed by atoms with Crippen LogP contribution in [0.25, 0.3) is 0 Å². The van der Waals surface area contributed by atoms with Gasteiger partial charge in [0.25, 0.3) is 0 Å². The summed E-state index contributed by atoms with van der Waals surface area (Å²) in [6.07, 6.45) is 5.89. The summed E-state index contributed by atoms with van der Waals surface area (Å²) in [5.74, 6) is 1.78. The number of carbonyl (C=O) groups is 1. The van der Waals surface area contributed by atoms with Crippen molar-refractivity contribution in [1.29, 1.82) is 0 Å². The zero-order valence-corrected chi connectivity index (χ0v) is 16.9. The molecule has 1 fully saturated rings. The molecule has 1 saturated heterocycles. The van der Waals surface area contributed by atoms with E-state index in [1.165, 1.54) is 5.56 Å². The summed E-state index contributed by atoms with van der Waals surface area (Å²) in [4.78, 5) is 20.7. The van der Waals surface area contributed by atoms with Crippen molar-refractivity contribution in [2.24, 2.45) is 0 Å². The molecule has 1 N–H and O–H groups in total. The Labute approximate surface area is 176 Å². The van der Waals surface area contributed by atoms with Gasteiger partial charge >= 0.3 is 0 Å². The van der Waals surface area contributed by atoms with Crippen molar-refractivity contribution in [2.45, 2.75) is 19.3 Å². The third-order valence-corrected chi connectivity index (χ3v) is 5.26. The number of aromatic nitrogens is 3. The van der Waals surface area contributed by atoms with Crippen LogP contribution in [0.4, 0.5) is 17.3 Å². The molecule has 7 nitrogen and oxygen atoms in total. The first-order valence-corrected chi connectivity index (χ1v) is 10.4. The predicted octanol–water partition coefficient (Wildman–Crippen LogP) is 3.29. The van der Waals surface area contributed by atoms with Crippen LogP contribution in [0, 0.1) is 0 Å². The molecule has 0 atom stereocenters. The monoisotopic (exact) mass is 402 g/mol. The number of piperazine rings is 1. The minimum absolute atomic E-state index is 0.244. The molecular weight excluding hydrogens is 376 g/mol.